The van der Waals surface area contributed by atoms with Crippen LogP contribution in [0.2, 0.25) is 0 Å². The second-order valence-corrected chi connectivity index (χ2v) is 6.51. The van der Waals surface area contributed by atoms with Crippen LogP contribution < -0.4 is 15.4 Å². The van der Waals surface area contributed by atoms with E-state index in [9.17, 15) is 0 Å². The maximum absolute atomic E-state index is 5.86. The highest BCUT2D eigenvalue weighted by molar-refractivity contribution is 7.15. The van der Waals surface area contributed by atoms with Crippen molar-refractivity contribution >= 4 is 16.5 Å². The molecule has 1 aromatic carbocycles. The monoisotopic (exact) mass is 303 g/mol. The van der Waals surface area contributed by atoms with Crippen LogP contribution in [0, 0.1) is 0 Å². The molecule has 3 rings (SSSR count). The number of methoxy groups -OCH3 is 1. The molecule has 112 valence electrons. The van der Waals surface area contributed by atoms with Gasteiger partial charge in [-0.2, -0.15) is 0 Å². The number of para-hydroxylation sites is 1. The molecule has 0 atom stereocenters. The van der Waals surface area contributed by atoms with Crippen LogP contribution in [-0.4, -0.2) is 19.1 Å². The smallest absolute Gasteiger partial charge is 0.185 e. The van der Waals surface area contributed by atoms with Crippen molar-refractivity contribution in [2.45, 2.75) is 31.8 Å². The molecule has 1 aromatic heterocycles. The zero-order valence-corrected chi connectivity index (χ0v) is 13.3. The number of rotatable bonds is 6. The van der Waals surface area contributed by atoms with Crippen molar-refractivity contribution in [2.75, 3.05) is 19.1 Å². The number of hydrogen-bond donors (Lipinski definition) is 1. The topological polar surface area (TPSA) is 51.4 Å². The van der Waals surface area contributed by atoms with Crippen molar-refractivity contribution in [3.8, 4) is 5.75 Å². The molecule has 0 radical (unpaired) electrons. The number of thiazole rings is 1. The Balaban J connectivity index is 1.80. The summed E-state index contributed by atoms with van der Waals surface area (Å²) < 4.78 is 5.42. The van der Waals surface area contributed by atoms with Crippen molar-refractivity contribution in [1.82, 2.24) is 4.98 Å². The van der Waals surface area contributed by atoms with Gasteiger partial charge in [0.25, 0.3) is 0 Å². The molecule has 0 aliphatic heterocycles. The van der Waals surface area contributed by atoms with Crippen molar-refractivity contribution in [2.24, 2.45) is 5.73 Å². The summed E-state index contributed by atoms with van der Waals surface area (Å²) >= 11 is 1.72. The zero-order valence-electron chi connectivity index (χ0n) is 12.5. The Bertz CT molecular complexity index is 622. The largest absolute Gasteiger partial charge is 0.496 e. The van der Waals surface area contributed by atoms with Gasteiger partial charge in [-0.05, 0) is 18.9 Å². The standard InChI is InChI=1S/C16H21N3OS/c1-19(10-12-5-3-4-6-13(12)20-2)16-18-15(11-7-8-11)14(9-17)21-16/h3-6,11H,7-10,17H2,1-2H3. The van der Waals surface area contributed by atoms with E-state index in [0.717, 1.165) is 17.4 Å². The average molecular weight is 303 g/mol. The lowest BCUT2D eigenvalue weighted by Gasteiger charge is -2.17. The Morgan fingerprint density at radius 1 is 1.38 bits per heavy atom. The van der Waals surface area contributed by atoms with Gasteiger partial charge in [0.1, 0.15) is 5.75 Å². The van der Waals surface area contributed by atoms with Gasteiger partial charge in [-0.3, -0.25) is 0 Å². The molecule has 1 fully saturated rings. The summed E-state index contributed by atoms with van der Waals surface area (Å²) in [4.78, 5) is 8.23. The lowest BCUT2D eigenvalue weighted by atomic mass is 10.2. The predicted molar refractivity (Wildman–Crippen MR) is 87.1 cm³/mol. The van der Waals surface area contributed by atoms with E-state index in [1.54, 1.807) is 18.4 Å². The molecule has 0 spiro atoms. The van der Waals surface area contributed by atoms with Crippen molar-refractivity contribution in [3.05, 3.63) is 40.4 Å². The van der Waals surface area contributed by atoms with E-state index in [1.165, 1.54) is 29.0 Å². The first-order chi connectivity index (χ1) is 10.2. The Labute approximate surface area is 129 Å². The third-order valence-corrected chi connectivity index (χ3v) is 5.00. The minimum absolute atomic E-state index is 0.589. The summed E-state index contributed by atoms with van der Waals surface area (Å²) in [5.41, 5.74) is 8.25. The maximum atomic E-state index is 5.86. The number of anilines is 1. The van der Waals surface area contributed by atoms with Crippen molar-refractivity contribution in [3.63, 3.8) is 0 Å². The van der Waals surface area contributed by atoms with Crippen LogP contribution in [0.5, 0.6) is 5.75 Å². The van der Waals surface area contributed by atoms with Gasteiger partial charge >= 0.3 is 0 Å². The Kier molecular flexibility index (Phi) is 4.12. The first-order valence-electron chi connectivity index (χ1n) is 7.25. The fourth-order valence-electron chi connectivity index (χ4n) is 2.49. The highest BCUT2D eigenvalue weighted by atomic mass is 32.1. The summed E-state index contributed by atoms with van der Waals surface area (Å²) in [5.74, 6) is 1.57. The molecule has 1 aliphatic rings. The second-order valence-electron chi connectivity index (χ2n) is 5.45. The van der Waals surface area contributed by atoms with Gasteiger partial charge in [0, 0.05) is 36.5 Å². The van der Waals surface area contributed by atoms with Gasteiger partial charge in [-0.1, -0.05) is 18.2 Å². The Hall–Kier alpha value is -1.59. The lowest BCUT2D eigenvalue weighted by Crippen LogP contribution is -2.16. The van der Waals surface area contributed by atoms with Crippen molar-refractivity contribution < 1.29 is 4.74 Å². The summed E-state index contributed by atoms with van der Waals surface area (Å²) in [6, 6.07) is 8.11. The third kappa shape index (κ3) is 3.04. The minimum atomic E-state index is 0.589. The summed E-state index contributed by atoms with van der Waals surface area (Å²) in [6.45, 7) is 1.37. The van der Waals surface area contributed by atoms with Crippen LogP contribution in [0.25, 0.3) is 0 Å². The van der Waals surface area contributed by atoms with Crippen LogP contribution >= 0.6 is 11.3 Å². The molecule has 1 saturated carbocycles. The van der Waals surface area contributed by atoms with E-state index in [1.807, 2.05) is 18.2 Å². The van der Waals surface area contributed by atoms with E-state index in [4.69, 9.17) is 15.5 Å². The van der Waals surface area contributed by atoms with Gasteiger partial charge in [0.15, 0.2) is 5.13 Å². The fraction of sp³-hybridized carbons (Fsp3) is 0.438. The highest BCUT2D eigenvalue weighted by Crippen LogP contribution is 2.44. The molecule has 5 heteroatoms. The molecule has 1 aliphatic carbocycles. The van der Waals surface area contributed by atoms with Crippen LogP contribution in [0.3, 0.4) is 0 Å². The number of aromatic nitrogens is 1. The molecule has 1 heterocycles. The summed E-state index contributed by atoms with van der Waals surface area (Å²) in [5, 5.41) is 1.04. The van der Waals surface area contributed by atoms with Gasteiger partial charge in [0.2, 0.25) is 0 Å². The molecule has 0 unspecified atom stereocenters. The number of nitrogens with zero attached hydrogens (tertiary/aromatic N) is 2. The number of ether oxygens (including phenoxy) is 1. The van der Waals surface area contributed by atoms with Gasteiger partial charge in [0.05, 0.1) is 12.8 Å². The SMILES string of the molecule is COc1ccccc1CN(C)c1nc(C2CC2)c(CN)s1. The van der Waals surface area contributed by atoms with Crippen LogP contribution in [0.4, 0.5) is 5.13 Å². The fourth-order valence-corrected chi connectivity index (χ4v) is 3.48. The molecule has 0 amide bonds. The first kappa shape index (κ1) is 14.4. The van der Waals surface area contributed by atoms with Crippen molar-refractivity contribution in [1.29, 1.82) is 0 Å². The molecule has 4 nitrogen and oxygen atoms in total. The van der Waals surface area contributed by atoms with Gasteiger partial charge in [-0.15, -0.1) is 11.3 Å². The van der Waals surface area contributed by atoms with E-state index in [-0.39, 0.29) is 0 Å². The second kappa shape index (κ2) is 6.03. The molecule has 2 aromatic rings. The lowest BCUT2D eigenvalue weighted by molar-refractivity contribution is 0.409. The van der Waals surface area contributed by atoms with Gasteiger partial charge in [-0.25, -0.2) is 4.98 Å². The molecule has 2 N–H and O–H groups in total. The van der Waals surface area contributed by atoms with E-state index >= 15 is 0 Å². The number of benzene rings is 1. The normalized spacial score (nSPS) is 14.2. The molecule has 0 saturated heterocycles. The highest BCUT2D eigenvalue weighted by Gasteiger charge is 2.29. The zero-order chi connectivity index (χ0) is 14.8. The number of hydrogen-bond acceptors (Lipinski definition) is 5. The Morgan fingerprint density at radius 2 is 2.14 bits per heavy atom. The summed E-state index contributed by atoms with van der Waals surface area (Å²) in [6.07, 6.45) is 2.51. The van der Waals surface area contributed by atoms with E-state index in [2.05, 4.69) is 18.0 Å². The van der Waals surface area contributed by atoms with Crippen LogP contribution in [0.15, 0.2) is 24.3 Å². The molecule has 21 heavy (non-hydrogen) atoms. The third-order valence-electron chi connectivity index (χ3n) is 3.79. The molecular formula is C16H21N3OS. The van der Waals surface area contributed by atoms with E-state index < -0.39 is 0 Å². The molecule has 0 bridgehead atoms. The summed E-state index contributed by atoms with van der Waals surface area (Å²) in [7, 11) is 3.78. The van der Waals surface area contributed by atoms with E-state index in [0.29, 0.717) is 12.5 Å². The van der Waals surface area contributed by atoms with Crippen LogP contribution in [0.1, 0.15) is 34.9 Å². The number of nitrogens with two attached hydrogens (primary N) is 1. The average Bonchev–Trinajstić information content (AvgIpc) is 3.26. The first-order valence-corrected chi connectivity index (χ1v) is 8.07. The predicted octanol–water partition coefficient (Wildman–Crippen LogP) is 3.12. The van der Waals surface area contributed by atoms with Crippen LogP contribution in [-0.2, 0) is 13.1 Å². The van der Waals surface area contributed by atoms with Gasteiger partial charge < -0.3 is 15.4 Å². The quantitative estimate of drug-likeness (QED) is 0.891. The Morgan fingerprint density at radius 3 is 2.81 bits per heavy atom. The maximum Gasteiger partial charge on any atom is 0.185 e. The molecular weight excluding hydrogens is 282 g/mol. The minimum Gasteiger partial charge on any atom is -0.496 e.